The maximum absolute atomic E-state index is 4.26. The number of hydrogen-bond acceptors (Lipinski definition) is 4. The molecule has 0 spiro atoms. The van der Waals surface area contributed by atoms with Crippen molar-refractivity contribution in [3.8, 4) is 0 Å². The Morgan fingerprint density at radius 2 is 2.28 bits per heavy atom. The van der Waals surface area contributed by atoms with Crippen LogP contribution < -0.4 is 5.32 Å². The number of nitrogens with zero attached hydrogens (tertiary/aromatic N) is 3. The Kier molecular flexibility index (Phi) is 5.36. The molecule has 2 heterocycles. The molecule has 4 nitrogen and oxygen atoms in total. The van der Waals surface area contributed by atoms with E-state index >= 15 is 0 Å². The molecule has 0 amide bonds. The molecule has 0 bridgehead atoms. The van der Waals surface area contributed by atoms with Gasteiger partial charge in [-0.3, -0.25) is 0 Å². The highest BCUT2D eigenvalue weighted by atomic mass is 32.1. The zero-order valence-electron chi connectivity index (χ0n) is 10.8. The lowest BCUT2D eigenvalue weighted by Gasteiger charge is -2.04. The van der Waals surface area contributed by atoms with Crippen molar-refractivity contribution < 1.29 is 0 Å². The van der Waals surface area contributed by atoms with Gasteiger partial charge < -0.3 is 9.88 Å². The van der Waals surface area contributed by atoms with Gasteiger partial charge in [0.15, 0.2) is 0 Å². The summed E-state index contributed by atoms with van der Waals surface area (Å²) in [5.74, 6) is 0. The second-order valence-electron chi connectivity index (χ2n) is 4.37. The minimum atomic E-state index is 1.05. The molecule has 5 heteroatoms. The summed E-state index contributed by atoms with van der Waals surface area (Å²) >= 11 is 1.75. The van der Waals surface area contributed by atoms with Crippen LogP contribution in [0.1, 0.15) is 23.4 Å². The quantitative estimate of drug-likeness (QED) is 0.744. The summed E-state index contributed by atoms with van der Waals surface area (Å²) < 4.78 is 2.13. The van der Waals surface area contributed by atoms with Crippen LogP contribution in [-0.2, 0) is 13.0 Å². The van der Waals surface area contributed by atoms with Gasteiger partial charge in [0.05, 0.1) is 17.5 Å². The molecule has 0 aromatic carbocycles. The highest BCUT2D eigenvalue weighted by Gasteiger charge is 2.00. The van der Waals surface area contributed by atoms with Gasteiger partial charge in [-0.05, 0) is 32.7 Å². The Balaban J connectivity index is 1.48. The van der Waals surface area contributed by atoms with Crippen molar-refractivity contribution in [3.63, 3.8) is 0 Å². The van der Waals surface area contributed by atoms with Crippen molar-refractivity contribution in [2.75, 3.05) is 13.1 Å². The molecule has 0 unspecified atom stereocenters. The van der Waals surface area contributed by atoms with Crippen LogP contribution in [0.5, 0.6) is 0 Å². The summed E-state index contributed by atoms with van der Waals surface area (Å²) in [6, 6.07) is 0. The summed E-state index contributed by atoms with van der Waals surface area (Å²) in [5, 5.41) is 3.48. The largest absolute Gasteiger partial charge is 0.337 e. The Labute approximate surface area is 112 Å². The summed E-state index contributed by atoms with van der Waals surface area (Å²) in [6.07, 6.45) is 9.22. The third-order valence-corrected chi connectivity index (χ3v) is 3.95. The number of aromatic nitrogens is 3. The van der Waals surface area contributed by atoms with Gasteiger partial charge in [0.2, 0.25) is 0 Å². The SMILES string of the molecule is Cc1ncsc1CCNCCCCn1ccnc1. The fourth-order valence-corrected chi connectivity index (χ4v) is 2.64. The molecule has 0 saturated carbocycles. The lowest BCUT2D eigenvalue weighted by Crippen LogP contribution is -2.18. The van der Waals surface area contributed by atoms with Crippen molar-refractivity contribution in [3.05, 3.63) is 34.8 Å². The van der Waals surface area contributed by atoms with E-state index in [2.05, 4.69) is 26.8 Å². The van der Waals surface area contributed by atoms with E-state index < -0.39 is 0 Å². The second kappa shape index (κ2) is 7.28. The standard InChI is InChI=1S/C13H20N4S/c1-12-13(18-11-16-12)4-6-14-5-2-3-8-17-9-7-15-10-17/h7,9-11,14H,2-6,8H2,1H3. The van der Waals surface area contributed by atoms with E-state index in [-0.39, 0.29) is 0 Å². The summed E-state index contributed by atoms with van der Waals surface area (Å²) in [7, 11) is 0. The van der Waals surface area contributed by atoms with Crippen LogP contribution in [0.4, 0.5) is 0 Å². The predicted molar refractivity (Wildman–Crippen MR) is 74.9 cm³/mol. The minimum absolute atomic E-state index is 1.05. The number of unbranched alkanes of at least 4 members (excludes halogenated alkanes) is 1. The van der Waals surface area contributed by atoms with Crippen molar-refractivity contribution in [1.82, 2.24) is 19.9 Å². The maximum atomic E-state index is 4.26. The van der Waals surface area contributed by atoms with Crippen molar-refractivity contribution in [1.29, 1.82) is 0 Å². The normalized spacial score (nSPS) is 10.9. The van der Waals surface area contributed by atoms with Crippen LogP contribution in [0, 0.1) is 6.92 Å². The van der Waals surface area contributed by atoms with E-state index in [9.17, 15) is 0 Å². The second-order valence-corrected chi connectivity index (χ2v) is 5.31. The monoisotopic (exact) mass is 264 g/mol. The molecule has 0 fully saturated rings. The average molecular weight is 264 g/mol. The van der Waals surface area contributed by atoms with Crippen LogP contribution in [0.2, 0.25) is 0 Å². The molecular weight excluding hydrogens is 244 g/mol. The molecule has 1 N–H and O–H groups in total. The number of rotatable bonds is 8. The topological polar surface area (TPSA) is 42.7 Å². The zero-order chi connectivity index (χ0) is 12.6. The lowest BCUT2D eigenvalue weighted by molar-refractivity contribution is 0.569. The maximum Gasteiger partial charge on any atom is 0.0945 e. The summed E-state index contributed by atoms with van der Waals surface area (Å²) in [6.45, 7) is 5.28. The molecule has 2 rings (SSSR count). The van der Waals surface area contributed by atoms with Crippen molar-refractivity contribution >= 4 is 11.3 Å². The van der Waals surface area contributed by atoms with Gasteiger partial charge >= 0.3 is 0 Å². The van der Waals surface area contributed by atoms with Crippen molar-refractivity contribution in [2.45, 2.75) is 32.7 Å². The lowest BCUT2D eigenvalue weighted by atomic mass is 10.3. The van der Waals surface area contributed by atoms with E-state index in [1.807, 2.05) is 24.2 Å². The van der Waals surface area contributed by atoms with Crippen LogP contribution >= 0.6 is 11.3 Å². The highest BCUT2D eigenvalue weighted by Crippen LogP contribution is 2.11. The molecule has 2 aromatic heterocycles. The Morgan fingerprint density at radius 3 is 3.00 bits per heavy atom. The van der Waals surface area contributed by atoms with E-state index in [4.69, 9.17) is 0 Å². The number of nitrogens with one attached hydrogen (secondary N) is 1. The Morgan fingerprint density at radius 1 is 1.33 bits per heavy atom. The summed E-state index contributed by atoms with van der Waals surface area (Å²) in [4.78, 5) is 9.69. The van der Waals surface area contributed by atoms with E-state index in [0.717, 1.165) is 26.1 Å². The molecule has 0 atom stereocenters. The minimum Gasteiger partial charge on any atom is -0.337 e. The van der Waals surface area contributed by atoms with Gasteiger partial charge in [0.25, 0.3) is 0 Å². The first-order chi connectivity index (χ1) is 8.86. The van der Waals surface area contributed by atoms with Gasteiger partial charge in [0.1, 0.15) is 0 Å². The third kappa shape index (κ3) is 4.23. The molecule has 0 aliphatic heterocycles. The van der Waals surface area contributed by atoms with Gasteiger partial charge in [0, 0.05) is 30.4 Å². The van der Waals surface area contributed by atoms with E-state index in [1.54, 1.807) is 11.3 Å². The van der Waals surface area contributed by atoms with E-state index in [0.29, 0.717) is 0 Å². The summed E-state index contributed by atoms with van der Waals surface area (Å²) in [5.41, 5.74) is 3.11. The van der Waals surface area contributed by atoms with E-state index in [1.165, 1.54) is 23.4 Å². The first-order valence-electron chi connectivity index (χ1n) is 6.41. The number of imidazole rings is 1. The number of aryl methyl sites for hydroxylation is 2. The first kappa shape index (κ1) is 13.2. The van der Waals surface area contributed by atoms with Crippen LogP contribution in [0.15, 0.2) is 24.2 Å². The van der Waals surface area contributed by atoms with Crippen LogP contribution in [0.25, 0.3) is 0 Å². The highest BCUT2D eigenvalue weighted by molar-refractivity contribution is 7.09. The fourth-order valence-electron chi connectivity index (χ4n) is 1.86. The molecular formula is C13H20N4S. The fraction of sp³-hybridized carbons (Fsp3) is 0.538. The zero-order valence-corrected chi connectivity index (χ0v) is 11.6. The molecule has 0 saturated heterocycles. The Hall–Kier alpha value is -1.20. The molecule has 18 heavy (non-hydrogen) atoms. The van der Waals surface area contributed by atoms with Gasteiger partial charge in [-0.25, -0.2) is 9.97 Å². The van der Waals surface area contributed by atoms with Gasteiger partial charge in [-0.2, -0.15) is 0 Å². The number of thiazole rings is 1. The molecule has 2 aromatic rings. The molecule has 0 aliphatic rings. The average Bonchev–Trinajstić information content (AvgIpc) is 3.00. The Bertz CT molecular complexity index is 436. The van der Waals surface area contributed by atoms with Crippen molar-refractivity contribution in [2.24, 2.45) is 0 Å². The first-order valence-corrected chi connectivity index (χ1v) is 7.29. The van der Waals surface area contributed by atoms with Crippen LogP contribution in [-0.4, -0.2) is 27.6 Å². The van der Waals surface area contributed by atoms with Gasteiger partial charge in [-0.1, -0.05) is 0 Å². The van der Waals surface area contributed by atoms with Crippen LogP contribution in [0.3, 0.4) is 0 Å². The third-order valence-electron chi connectivity index (χ3n) is 2.95. The predicted octanol–water partition coefficient (Wildman–Crippen LogP) is 2.26. The number of hydrogen-bond donors (Lipinski definition) is 1. The molecule has 0 radical (unpaired) electrons. The van der Waals surface area contributed by atoms with Gasteiger partial charge in [-0.15, -0.1) is 11.3 Å². The smallest absolute Gasteiger partial charge is 0.0945 e. The molecule has 0 aliphatic carbocycles. The molecule has 98 valence electrons.